The maximum atomic E-state index is 6.08. The van der Waals surface area contributed by atoms with E-state index < -0.39 is 0 Å². The summed E-state index contributed by atoms with van der Waals surface area (Å²) in [7, 11) is 0. The molecule has 0 heterocycles. The quantitative estimate of drug-likeness (QED) is 0.669. The molecule has 2 heteroatoms. The maximum absolute atomic E-state index is 6.08. The molecule has 1 aliphatic carbocycles. The van der Waals surface area contributed by atoms with Crippen molar-refractivity contribution in [2.45, 2.75) is 38.5 Å². The van der Waals surface area contributed by atoms with Gasteiger partial charge in [0.15, 0.2) is 0 Å². The molecule has 0 radical (unpaired) electrons. The summed E-state index contributed by atoms with van der Waals surface area (Å²) in [6.07, 6.45) is 5.25. The molecule has 76 valence electrons. The molecule has 1 aromatic rings. The first-order valence-corrected chi connectivity index (χ1v) is 5.34. The molecule has 4 N–H and O–H groups in total. The summed E-state index contributed by atoms with van der Waals surface area (Å²) in [6, 6.07) is 4.09. The number of nitrogen functional groups attached to an aromatic ring is 2. The lowest BCUT2D eigenvalue weighted by Gasteiger charge is -2.15. The minimum atomic E-state index is 0.675. The summed E-state index contributed by atoms with van der Waals surface area (Å²) in [5.41, 5.74) is 16.0. The average Bonchev–Trinajstić information content (AvgIpc) is 2.67. The number of benzene rings is 1. The van der Waals surface area contributed by atoms with Gasteiger partial charge in [0.1, 0.15) is 0 Å². The Labute approximate surface area is 85.3 Å². The number of rotatable bonds is 1. The molecule has 2 rings (SSSR count). The van der Waals surface area contributed by atoms with Crippen LogP contribution in [-0.2, 0) is 0 Å². The smallest absolute Gasteiger partial charge is 0.0399 e. The Hall–Kier alpha value is -1.18. The van der Waals surface area contributed by atoms with Crippen LogP contribution in [0.4, 0.5) is 11.4 Å². The van der Waals surface area contributed by atoms with Crippen LogP contribution >= 0.6 is 0 Å². The van der Waals surface area contributed by atoms with E-state index in [4.69, 9.17) is 11.5 Å². The van der Waals surface area contributed by atoms with E-state index >= 15 is 0 Å². The van der Waals surface area contributed by atoms with Gasteiger partial charge in [-0.3, -0.25) is 0 Å². The van der Waals surface area contributed by atoms with Crippen molar-refractivity contribution in [1.82, 2.24) is 0 Å². The molecule has 0 atom stereocenters. The monoisotopic (exact) mass is 190 g/mol. The fraction of sp³-hybridized carbons (Fsp3) is 0.500. The van der Waals surface area contributed by atoms with E-state index in [2.05, 4.69) is 6.07 Å². The van der Waals surface area contributed by atoms with Crippen molar-refractivity contribution in [2.75, 3.05) is 11.5 Å². The molecular weight excluding hydrogens is 172 g/mol. The second kappa shape index (κ2) is 3.52. The minimum Gasteiger partial charge on any atom is -0.398 e. The fourth-order valence-electron chi connectivity index (χ4n) is 2.36. The molecule has 0 bridgehead atoms. The van der Waals surface area contributed by atoms with Crippen LogP contribution in [0, 0.1) is 6.92 Å². The lowest BCUT2D eigenvalue weighted by Crippen LogP contribution is -2.03. The number of nitrogens with two attached hydrogens (primary N) is 2. The highest BCUT2D eigenvalue weighted by Crippen LogP contribution is 2.38. The van der Waals surface area contributed by atoms with Crippen LogP contribution in [0.1, 0.15) is 42.7 Å². The van der Waals surface area contributed by atoms with E-state index in [0.717, 1.165) is 16.9 Å². The highest BCUT2D eigenvalue weighted by molar-refractivity contribution is 5.65. The summed E-state index contributed by atoms with van der Waals surface area (Å²) >= 11 is 0. The van der Waals surface area contributed by atoms with E-state index in [1.165, 1.54) is 31.2 Å². The molecule has 1 aromatic carbocycles. The van der Waals surface area contributed by atoms with Crippen molar-refractivity contribution in [1.29, 1.82) is 0 Å². The molecule has 0 amide bonds. The number of hydrogen-bond donors (Lipinski definition) is 2. The van der Waals surface area contributed by atoms with E-state index in [9.17, 15) is 0 Å². The largest absolute Gasteiger partial charge is 0.398 e. The van der Waals surface area contributed by atoms with Gasteiger partial charge in [-0.15, -0.1) is 0 Å². The standard InChI is InChI=1S/C12H18N2/c1-8-11(13)7-6-10(12(8)14)9-4-2-3-5-9/h6-7,9H,2-5,13-14H2,1H3. The molecule has 2 nitrogen and oxygen atoms in total. The van der Waals surface area contributed by atoms with Crippen LogP contribution in [0.15, 0.2) is 12.1 Å². The van der Waals surface area contributed by atoms with Crippen LogP contribution in [0.3, 0.4) is 0 Å². The molecule has 0 unspecified atom stereocenters. The van der Waals surface area contributed by atoms with Gasteiger partial charge in [0.05, 0.1) is 0 Å². The van der Waals surface area contributed by atoms with Crippen molar-refractivity contribution >= 4 is 11.4 Å². The predicted molar refractivity (Wildman–Crippen MR) is 61.2 cm³/mol. The second-order valence-corrected chi connectivity index (χ2v) is 4.26. The third-order valence-electron chi connectivity index (χ3n) is 3.39. The topological polar surface area (TPSA) is 52.0 Å². The SMILES string of the molecule is Cc1c(N)ccc(C2CCCC2)c1N. The molecule has 0 spiro atoms. The first-order chi connectivity index (χ1) is 6.70. The summed E-state index contributed by atoms with van der Waals surface area (Å²) in [5.74, 6) is 0.675. The summed E-state index contributed by atoms with van der Waals surface area (Å²) in [6.45, 7) is 2.00. The van der Waals surface area contributed by atoms with Crippen LogP contribution in [0.2, 0.25) is 0 Å². The van der Waals surface area contributed by atoms with E-state index in [1.54, 1.807) is 0 Å². The lowest BCUT2D eigenvalue weighted by molar-refractivity contribution is 0.725. The summed E-state index contributed by atoms with van der Waals surface area (Å²) in [5, 5.41) is 0. The van der Waals surface area contributed by atoms with Gasteiger partial charge in [-0.1, -0.05) is 18.9 Å². The first kappa shape index (κ1) is 9.38. The van der Waals surface area contributed by atoms with E-state index in [-0.39, 0.29) is 0 Å². The number of anilines is 2. The Morgan fingerprint density at radius 2 is 1.79 bits per heavy atom. The molecule has 0 aliphatic heterocycles. The maximum Gasteiger partial charge on any atom is 0.0399 e. The summed E-state index contributed by atoms with van der Waals surface area (Å²) < 4.78 is 0. The Bertz CT molecular complexity index is 338. The Morgan fingerprint density at radius 1 is 1.14 bits per heavy atom. The van der Waals surface area contributed by atoms with Gasteiger partial charge in [-0.05, 0) is 42.9 Å². The van der Waals surface area contributed by atoms with E-state index in [1.807, 2.05) is 13.0 Å². The molecule has 1 aliphatic rings. The highest BCUT2D eigenvalue weighted by atomic mass is 14.6. The van der Waals surface area contributed by atoms with Crippen LogP contribution in [0.5, 0.6) is 0 Å². The fourth-order valence-corrected chi connectivity index (χ4v) is 2.36. The zero-order chi connectivity index (χ0) is 10.1. The Kier molecular flexibility index (Phi) is 2.36. The zero-order valence-corrected chi connectivity index (χ0v) is 8.72. The van der Waals surface area contributed by atoms with Crippen molar-refractivity contribution in [3.05, 3.63) is 23.3 Å². The van der Waals surface area contributed by atoms with Crippen LogP contribution < -0.4 is 11.5 Å². The van der Waals surface area contributed by atoms with Gasteiger partial charge in [-0.2, -0.15) is 0 Å². The molecule has 0 aromatic heterocycles. The summed E-state index contributed by atoms with van der Waals surface area (Å²) in [4.78, 5) is 0. The molecule has 1 fully saturated rings. The van der Waals surface area contributed by atoms with E-state index in [0.29, 0.717) is 5.92 Å². The van der Waals surface area contributed by atoms with Crippen molar-refractivity contribution in [3.8, 4) is 0 Å². The van der Waals surface area contributed by atoms with Gasteiger partial charge in [0, 0.05) is 11.4 Å². The van der Waals surface area contributed by atoms with Crippen molar-refractivity contribution in [2.24, 2.45) is 0 Å². The van der Waals surface area contributed by atoms with Gasteiger partial charge in [0.2, 0.25) is 0 Å². The molecule has 0 saturated heterocycles. The zero-order valence-electron chi connectivity index (χ0n) is 8.72. The predicted octanol–water partition coefficient (Wildman–Crippen LogP) is 2.82. The Morgan fingerprint density at radius 3 is 2.43 bits per heavy atom. The van der Waals surface area contributed by atoms with Gasteiger partial charge >= 0.3 is 0 Å². The normalized spacial score (nSPS) is 17.5. The molecule has 14 heavy (non-hydrogen) atoms. The average molecular weight is 190 g/mol. The Balaban J connectivity index is 2.38. The van der Waals surface area contributed by atoms with Gasteiger partial charge in [0.25, 0.3) is 0 Å². The number of hydrogen-bond acceptors (Lipinski definition) is 2. The molecular formula is C12H18N2. The molecule has 1 saturated carbocycles. The highest BCUT2D eigenvalue weighted by Gasteiger charge is 2.20. The third kappa shape index (κ3) is 1.45. The minimum absolute atomic E-state index is 0.675. The van der Waals surface area contributed by atoms with Crippen LogP contribution in [0.25, 0.3) is 0 Å². The van der Waals surface area contributed by atoms with Crippen LogP contribution in [-0.4, -0.2) is 0 Å². The van der Waals surface area contributed by atoms with Crippen molar-refractivity contribution < 1.29 is 0 Å². The lowest BCUT2D eigenvalue weighted by atomic mass is 9.93. The second-order valence-electron chi connectivity index (χ2n) is 4.26. The van der Waals surface area contributed by atoms with Gasteiger partial charge in [-0.25, -0.2) is 0 Å². The van der Waals surface area contributed by atoms with Gasteiger partial charge < -0.3 is 11.5 Å². The third-order valence-corrected chi connectivity index (χ3v) is 3.39. The van der Waals surface area contributed by atoms with Crippen molar-refractivity contribution in [3.63, 3.8) is 0 Å². The first-order valence-electron chi connectivity index (χ1n) is 5.34.